The van der Waals surface area contributed by atoms with Crippen molar-refractivity contribution in [2.75, 3.05) is 0 Å². The third-order valence-corrected chi connectivity index (χ3v) is 5.57. The molecular formula is C22H15NO3S. The Bertz CT molecular complexity index is 1310. The molecule has 3 aromatic heterocycles. The normalized spacial score (nSPS) is 11.4. The van der Waals surface area contributed by atoms with E-state index in [1.54, 1.807) is 29.5 Å². The molecule has 2 aromatic carbocycles. The number of aromatic nitrogens is 1. The number of aromatic hydroxyl groups is 1. The van der Waals surface area contributed by atoms with E-state index in [0.717, 1.165) is 21.8 Å². The van der Waals surface area contributed by atoms with Crippen LogP contribution in [0.4, 0.5) is 0 Å². The summed E-state index contributed by atoms with van der Waals surface area (Å²) < 4.78 is 6.16. The van der Waals surface area contributed by atoms with E-state index in [1.165, 1.54) is 0 Å². The zero-order valence-corrected chi connectivity index (χ0v) is 15.0. The van der Waals surface area contributed by atoms with Gasteiger partial charge in [0.15, 0.2) is 5.58 Å². The zero-order chi connectivity index (χ0) is 18.4. The highest BCUT2D eigenvalue weighted by atomic mass is 32.1. The van der Waals surface area contributed by atoms with Crippen molar-refractivity contribution in [3.8, 4) is 16.3 Å². The van der Waals surface area contributed by atoms with E-state index in [0.29, 0.717) is 28.4 Å². The number of aromatic amines is 1. The molecule has 0 fully saturated rings. The van der Waals surface area contributed by atoms with Gasteiger partial charge in [0.2, 0.25) is 5.43 Å². The molecule has 2 N–H and O–H groups in total. The second-order valence-corrected chi connectivity index (χ2v) is 7.38. The largest absolute Gasteiger partial charge is 0.508 e. The number of fused-ring (bicyclic) bond motifs is 2. The number of phenols is 1. The van der Waals surface area contributed by atoms with E-state index in [4.69, 9.17) is 4.42 Å². The van der Waals surface area contributed by atoms with Gasteiger partial charge in [-0.05, 0) is 41.3 Å². The minimum atomic E-state index is -0.0246. The smallest absolute Gasteiger partial charge is 0.202 e. The van der Waals surface area contributed by atoms with Crippen molar-refractivity contribution < 1.29 is 9.52 Å². The first-order chi connectivity index (χ1) is 13.2. The summed E-state index contributed by atoms with van der Waals surface area (Å²) in [4.78, 5) is 17.6. The predicted octanol–water partition coefficient (Wildman–Crippen LogP) is 5.30. The second kappa shape index (κ2) is 6.14. The lowest BCUT2D eigenvalue weighted by molar-refractivity contribution is 0.475. The maximum atomic E-state index is 13.2. The SMILES string of the molecule is O=c1c2ccccc2oc2c(Cc3ccc(O)cc3)[nH]c(-c3cccs3)c12. The van der Waals surface area contributed by atoms with Crippen LogP contribution >= 0.6 is 11.3 Å². The molecule has 27 heavy (non-hydrogen) atoms. The Kier molecular flexibility index (Phi) is 3.62. The first kappa shape index (κ1) is 15.9. The Morgan fingerprint density at radius 3 is 2.59 bits per heavy atom. The van der Waals surface area contributed by atoms with Gasteiger partial charge in [0.05, 0.1) is 27.0 Å². The van der Waals surface area contributed by atoms with Crippen molar-refractivity contribution in [1.29, 1.82) is 0 Å². The zero-order valence-electron chi connectivity index (χ0n) is 14.2. The molecule has 5 heteroatoms. The fourth-order valence-electron chi connectivity index (χ4n) is 3.40. The molecule has 4 nitrogen and oxygen atoms in total. The van der Waals surface area contributed by atoms with Crippen LogP contribution in [0.1, 0.15) is 11.3 Å². The molecule has 0 atom stereocenters. The van der Waals surface area contributed by atoms with Crippen molar-refractivity contribution in [2.45, 2.75) is 6.42 Å². The van der Waals surface area contributed by atoms with Crippen LogP contribution in [0.3, 0.4) is 0 Å². The number of phenolic OH excluding ortho intramolecular Hbond substituents is 1. The van der Waals surface area contributed by atoms with Gasteiger partial charge < -0.3 is 14.5 Å². The van der Waals surface area contributed by atoms with Crippen molar-refractivity contribution in [1.82, 2.24) is 4.98 Å². The van der Waals surface area contributed by atoms with E-state index >= 15 is 0 Å². The van der Waals surface area contributed by atoms with Crippen molar-refractivity contribution in [3.05, 3.63) is 87.5 Å². The fraction of sp³-hybridized carbons (Fsp3) is 0.0455. The van der Waals surface area contributed by atoms with Crippen LogP contribution in [-0.2, 0) is 6.42 Å². The van der Waals surface area contributed by atoms with E-state index in [9.17, 15) is 9.90 Å². The highest BCUT2D eigenvalue weighted by molar-refractivity contribution is 7.13. The molecule has 132 valence electrons. The van der Waals surface area contributed by atoms with Crippen LogP contribution in [-0.4, -0.2) is 10.1 Å². The molecule has 0 aliphatic carbocycles. The number of hydrogen-bond donors (Lipinski definition) is 2. The number of benzene rings is 2. The molecule has 5 aromatic rings. The molecule has 5 rings (SSSR count). The minimum Gasteiger partial charge on any atom is -0.508 e. The van der Waals surface area contributed by atoms with Gasteiger partial charge in [0, 0.05) is 6.42 Å². The molecule has 0 unspecified atom stereocenters. The summed E-state index contributed by atoms with van der Waals surface area (Å²) in [5, 5.41) is 12.7. The van der Waals surface area contributed by atoms with Crippen molar-refractivity contribution in [2.24, 2.45) is 0 Å². The van der Waals surface area contributed by atoms with Gasteiger partial charge >= 0.3 is 0 Å². The maximum Gasteiger partial charge on any atom is 0.202 e. The number of nitrogens with one attached hydrogen (secondary N) is 1. The molecule has 0 aliphatic heterocycles. The van der Waals surface area contributed by atoms with E-state index in [1.807, 2.05) is 47.8 Å². The highest BCUT2D eigenvalue weighted by Crippen LogP contribution is 2.34. The minimum absolute atomic E-state index is 0.0246. The summed E-state index contributed by atoms with van der Waals surface area (Å²) in [6, 6.07) is 18.3. The van der Waals surface area contributed by atoms with Crippen LogP contribution in [0, 0.1) is 0 Å². The average Bonchev–Trinajstić information content (AvgIpc) is 3.32. The monoisotopic (exact) mass is 373 g/mol. The summed E-state index contributed by atoms with van der Waals surface area (Å²) in [6.07, 6.45) is 0.573. The van der Waals surface area contributed by atoms with E-state index < -0.39 is 0 Å². The Morgan fingerprint density at radius 2 is 1.81 bits per heavy atom. The molecular weight excluding hydrogens is 358 g/mol. The lowest BCUT2D eigenvalue weighted by Crippen LogP contribution is -2.01. The summed E-state index contributed by atoms with van der Waals surface area (Å²) in [7, 11) is 0. The predicted molar refractivity (Wildman–Crippen MR) is 109 cm³/mol. The molecule has 0 spiro atoms. The number of para-hydroxylation sites is 1. The van der Waals surface area contributed by atoms with Gasteiger partial charge in [-0.25, -0.2) is 0 Å². The van der Waals surface area contributed by atoms with Gasteiger partial charge in [-0.3, -0.25) is 4.79 Å². The fourth-order valence-corrected chi connectivity index (χ4v) is 4.13. The van der Waals surface area contributed by atoms with Crippen LogP contribution in [0.5, 0.6) is 5.75 Å². The molecule has 0 aliphatic rings. The Balaban J connectivity index is 1.80. The van der Waals surface area contributed by atoms with Gasteiger partial charge in [-0.15, -0.1) is 11.3 Å². The number of rotatable bonds is 3. The van der Waals surface area contributed by atoms with Crippen LogP contribution in [0.25, 0.3) is 32.5 Å². The second-order valence-electron chi connectivity index (χ2n) is 6.43. The van der Waals surface area contributed by atoms with Crippen LogP contribution < -0.4 is 5.43 Å². The standard InChI is InChI=1S/C22H15NO3S/c24-14-9-7-13(8-10-14)12-16-22-19(20(23-16)18-6-3-11-27-18)21(25)15-4-1-2-5-17(15)26-22/h1-11,23-24H,12H2. The average molecular weight is 373 g/mol. The van der Waals surface area contributed by atoms with Gasteiger partial charge in [0.25, 0.3) is 0 Å². The summed E-state index contributed by atoms with van der Waals surface area (Å²) in [5.74, 6) is 0.229. The molecule has 0 saturated carbocycles. The lowest BCUT2D eigenvalue weighted by Gasteiger charge is -2.02. The van der Waals surface area contributed by atoms with Crippen LogP contribution in [0.2, 0.25) is 0 Å². The molecule has 0 amide bonds. The van der Waals surface area contributed by atoms with Gasteiger partial charge in [-0.2, -0.15) is 0 Å². The number of thiophene rings is 1. The van der Waals surface area contributed by atoms with Gasteiger partial charge in [0.1, 0.15) is 11.3 Å². The molecule has 0 saturated heterocycles. The summed E-state index contributed by atoms with van der Waals surface area (Å²) in [5.41, 5.74) is 3.82. The highest BCUT2D eigenvalue weighted by Gasteiger charge is 2.20. The third-order valence-electron chi connectivity index (χ3n) is 4.68. The first-order valence-corrected chi connectivity index (χ1v) is 9.47. The lowest BCUT2D eigenvalue weighted by atomic mass is 10.1. The van der Waals surface area contributed by atoms with Crippen molar-refractivity contribution in [3.63, 3.8) is 0 Å². The van der Waals surface area contributed by atoms with Crippen molar-refractivity contribution >= 4 is 33.3 Å². The topological polar surface area (TPSA) is 66.2 Å². The van der Waals surface area contributed by atoms with E-state index in [-0.39, 0.29) is 11.2 Å². The Labute approximate surface area is 158 Å². The summed E-state index contributed by atoms with van der Waals surface area (Å²) >= 11 is 1.58. The number of H-pyrrole nitrogens is 1. The Hall–Kier alpha value is -3.31. The summed E-state index contributed by atoms with van der Waals surface area (Å²) in [6.45, 7) is 0. The third kappa shape index (κ3) is 2.64. The van der Waals surface area contributed by atoms with Crippen LogP contribution in [0.15, 0.2) is 75.3 Å². The molecule has 3 heterocycles. The Morgan fingerprint density at radius 1 is 1.00 bits per heavy atom. The maximum absolute atomic E-state index is 13.2. The quantitative estimate of drug-likeness (QED) is 0.451. The first-order valence-electron chi connectivity index (χ1n) is 8.59. The molecule has 0 bridgehead atoms. The molecule has 0 radical (unpaired) electrons. The number of hydrogen-bond acceptors (Lipinski definition) is 4. The van der Waals surface area contributed by atoms with E-state index in [2.05, 4.69) is 4.98 Å². The van der Waals surface area contributed by atoms with Gasteiger partial charge in [-0.1, -0.05) is 30.3 Å².